The summed E-state index contributed by atoms with van der Waals surface area (Å²) in [4.78, 5) is 7.97. The molecule has 0 N–H and O–H groups in total. The summed E-state index contributed by atoms with van der Waals surface area (Å²) in [5.74, 6) is 0.859. The summed E-state index contributed by atoms with van der Waals surface area (Å²) < 4.78 is 2.06. The van der Waals surface area contributed by atoms with Crippen molar-refractivity contribution in [3.63, 3.8) is 0 Å². The fraction of sp³-hybridized carbons (Fsp3) is 0.111. The van der Waals surface area contributed by atoms with Crippen LogP contribution in [0.3, 0.4) is 0 Å². The minimum atomic E-state index is 0. The molecule has 3 rings (SSSR count). The Bertz CT molecular complexity index is 806. The maximum Gasteiger partial charge on any atom is 0.187 e. The van der Waals surface area contributed by atoms with Gasteiger partial charge in [0, 0.05) is 38.2 Å². The van der Waals surface area contributed by atoms with Crippen LogP contribution < -0.4 is 0 Å². The van der Waals surface area contributed by atoms with Crippen molar-refractivity contribution in [3.05, 3.63) is 77.4 Å². The van der Waals surface area contributed by atoms with Gasteiger partial charge in [-0.15, -0.1) is 35.9 Å². The molecular formula is C18H14IrN3-. The molecule has 0 aliphatic carbocycles. The first-order valence-corrected chi connectivity index (χ1v) is 6.70. The minimum absolute atomic E-state index is 0. The van der Waals surface area contributed by atoms with Crippen LogP contribution in [0.5, 0.6) is 0 Å². The van der Waals surface area contributed by atoms with Crippen molar-refractivity contribution in [3.8, 4) is 17.1 Å². The maximum absolute atomic E-state index is 7.16. The Morgan fingerprint density at radius 3 is 2.50 bits per heavy atom. The number of nitrogens with zero attached hydrogens (tertiary/aromatic N) is 3. The summed E-state index contributed by atoms with van der Waals surface area (Å²) >= 11 is 0. The van der Waals surface area contributed by atoms with Gasteiger partial charge in [-0.05, 0) is 25.0 Å². The van der Waals surface area contributed by atoms with Crippen molar-refractivity contribution < 1.29 is 20.1 Å². The third kappa shape index (κ3) is 2.87. The van der Waals surface area contributed by atoms with Gasteiger partial charge in [-0.3, -0.25) is 4.98 Å². The third-order valence-electron chi connectivity index (χ3n) is 3.44. The summed E-state index contributed by atoms with van der Waals surface area (Å²) in [7, 11) is 0. The first-order valence-electron chi connectivity index (χ1n) is 6.70. The van der Waals surface area contributed by atoms with E-state index in [4.69, 9.17) is 6.57 Å². The molecule has 0 aliphatic rings. The molecule has 1 aromatic heterocycles. The van der Waals surface area contributed by atoms with Gasteiger partial charge in [0.15, 0.2) is 5.69 Å². The van der Waals surface area contributed by atoms with Crippen LogP contribution in [0.2, 0.25) is 0 Å². The Morgan fingerprint density at radius 1 is 1.18 bits per heavy atom. The summed E-state index contributed by atoms with van der Waals surface area (Å²) in [6, 6.07) is 14.8. The molecule has 0 fully saturated rings. The molecule has 0 bridgehead atoms. The largest absolute Gasteiger partial charge is 0.340 e. The van der Waals surface area contributed by atoms with Gasteiger partial charge < -0.3 is 4.57 Å². The molecule has 2 aromatic carbocycles. The Kier molecular flexibility index (Phi) is 4.92. The van der Waals surface area contributed by atoms with Crippen LogP contribution in [0.1, 0.15) is 11.1 Å². The van der Waals surface area contributed by atoms with Crippen LogP contribution in [0.25, 0.3) is 21.9 Å². The molecule has 0 aliphatic heterocycles. The molecule has 1 heterocycles. The van der Waals surface area contributed by atoms with E-state index in [0.717, 1.165) is 28.2 Å². The van der Waals surface area contributed by atoms with Gasteiger partial charge in [0.1, 0.15) is 0 Å². The Morgan fingerprint density at radius 2 is 1.91 bits per heavy atom. The molecule has 0 saturated carbocycles. The number of rotatable bonds is 2. The Hall–Kier alpha value is -2.21. The van der Waals surface area contributed by atoms with E-state index in [9.17, 15) is 0 Å². The second-order valence-electron chi connectivity index (χ2n) is 4.94. The van der Waals surface area contributed by atoms with Crippen LogP contribution >= 0.6 is 0 Å². The predicted molar refractivity (Wildman–Crippen MR) is 83.6 cm³/mol. The first kappa shape index (κ1) is 16.2. The first-order chi connectivity index (χ1) is 10.2. The van der Waals surface area contributed by atoms with Crippen LogP contribution in [-0.2, 0) is 20.1 Å². The molecule has 111 valence electrons. The van der Waals surface area contributed by atoms with Crippen molar-refractivity contribution in [1.82, 2.24) is 9.55 Å². The molecule has 0 spiro atoms. The number of hydrogen-bond donors (Lipinski definition) is 0. The monoisotopic (exact) mass is 465 g/mol. The van der Waals surface area contributed by atoms with E-state index in [2.05, 4.69) is 20.5 Å². The van der Waals surface area contributed by atoms with Crippen molar-refractivity contribution in [2.75, 3.05) is 0 Å². The zero-order valence-corrected chi connectivity index (χ0v) is 14.7. The quantitative estimate of drug-likeness (QED) is 0.512. The Labute approximate surface area is 143 Å². The topological polar surface area (TPSA) is 22.2 Å². The van der Waals surface area contributed by atoms with Gasteiger partial charge in [0.2, 0.25) is 0 Å². The van der Waals surface area contributed by atoms with E-state index >= 15 is 0 Å². The van der Waals surface area contributed by atoms with E-state index in [1.54, 1.807) is 6.20 Å². The second-order valence-corrected chi connectivity index (χ2v) is 4.94. The van der Waals surface area contributed by atoms with Gasteiger partial charge in [-0.2, -0.15) is 0 Å². The van der Waals surface area contributed by atoms with Crippen LogP contribution in [-0.4, -0.2) is 9.55 Å². The van der Waals surface area contributed by atoms with Crippen LogP contribution in [0, 0.1) is 26.5 Å². The molecule has 1 radical (unpaired) electrons. The fourth-order valence-electron chi connectivity index (χ4n) is 2.59. The molecule has 3 aromatic rings. The van der Waals surface area contributed by atoms with Crippen molar-refractivity contribution in [1.29, 1.82) is 0 Å². The van der Waals surface area contributed by atoms with E-state index in [1.165, 1.54) is 0 Å². The van der Waals surface area contributed by atoms with Gasteiger partial charge >= 0.3 is 0 Å². The number of aryl methyl sites for hydroxylation is 2. The van der Waals surface area contributed by atoms with Crippen molar-refractivity contribution >= 4 is 5.69 Å². The summed E-state index contributed by atoms with van der Waals surface area (Å²) in [6.07, 6.45) is 3.74. The fourth-order valence-corrected chi connectivity index (χ4v) is 2.59. The molecule has 0 unspecified atom stereocenters. The van der Waals surface area contributed by atoms with Crippen LogP contribution in [0.4, 0.5) is 5.69 Å². The van der Waals surface area contributed by atoms with Crippen molar-refractivity contribution in [2.45, 2.75) is 13.8 Å². The number of imidazole rings is 1. The van der Waals surface area contributed by atoms with E-state index < -0.39 is 0 Å². The smallest absolute Gasteiger partial charge is 0.187 e. The average Bonchev–Trinajstić information content (AvgIpc) is 2.96. The number of benzene rings is 2. The molecule has 4 heteroatoms. The van der Waals surface area contributed by atoms with Crippen LogP contribution in [0.15, 0.2) is 48.8 Å². The van der Waals surface area contributed by atoms with E-state index in [1.807, 2.05) is 56.4 Å². The maximum atomic E-state index is 7.16. The normalized spacial score (nSPS) is 9.86. The second kappa shape index (κ2) is 6.70. The molecule has 0 saturated heterocycles. The summed E-state index contributed by atoms with van der Waals surface area (Å²) in [6.45, 7) is 11.2. The molecule has 0 atom stereocenters. The standard InChI is InChI=1S/C18H14N3.Ir/c1-13-11-16(19-3)12-14(2)17(13)21-10-9-20-18(21)15-7-5-4-6-8-15;/h4-7,9-12H,1-2H3;/q-1;. The van der Waals surface area contributed by atoms with Gasteiger partial charge in [-0.25, -0.2) is 4.85 Å². The van der Waals surface area contributed by atoms with Gasteiger partial charge in [0.05, 0.1) is 12.4 Å². The number of aromatic nitrogens is 2. The van der Waals surface area contributed by atoms with E-state index in [-0.39, 0.29) is 20.1 Å². The molecule has 22 heavy (non-hydrogen) atoms. The summed E-state index contributed by atoms with van der Waals surface area (Å²) in [5.41, 5.74) is 4.83. The minimum Gasteiger partial charge on any atom is -0.340 e. The van der Waals surface area contributed by atoms with Gasteiger partial charge in [-0.1, -0.05) is 12.1 Å². The molecule has 0 amide bonds. The molecule has 3 nitrogen and oxygen atoms in total. The SMILES string of the molecule is [C-]#[N+]c1cc(C)c(-n2ccnc2-c2[c-]cccc2)c(C)c1.[Ir]. The third-order valence-corrected chi connectivity index (χ3v) is 3.44. The Balaban J connectivity index is 0.00000176. The van der Waals surface area contributed by atoms with Crippen molar-refractivity contribution in [2.24, 2.45) is 0 Å². The molecular weight excluding hydrogens is 450 g/mol. The number of hydrogen-bond acceptors (Lipinski definition) is 1. The van der Waals surface area contributed by atoms with E-state index in [0.29, 0.717) is 5.69 Å². The zero-order valence-electron chi connectivity index (χ0n) is 12.3. The summed E-state index contributed by atoms with van der Waals surface area (Å²) in [5, 5.41) is 0. The predicted octanol–water partition coefficient (Wildman–Crippen LogP) is 4.50. The average molecular weight is 465 g/mol. The van der Waals surface area contributed by atoms with Gasteiger partial charge in [0.25, 0.3) is 0 Å². The zero-order chi connectivity index (χ0) is 14.8.